The molecule has 3 N–H and O–H groups in total. The summed E-state index contributed by atoms with van der Waals surface area (Å²) in [5.41, 5.74) is 6.93. The molecule has 1 aliphatic carbocycles. The molecule has 2 atom stereocenters. The molecule has 1 heterocycles. The zero-order valence-corrected chi connectivity index (χ0v) is 15.7. The van der Waals surface area contributed by atoms with Gasteiger partial charge in [0.05, 0.1) is 20.1 Å². The molecule has 26 heavy (non-hydrogen) atoms. The van der Waals surface area contributed by atoms with Gasteiger partial charge in [0.2, 0.25) is 0 Å². The lowest BCUT2D eigenvalue weighted by molar-refractivity contribution is -0.141. The molecular weight excluding hydrogens is 332 g/mol. The Morgan fingerprint density at radius 1 is 1.19 bits per heavy atom. The van der Waals surface area contributed by atoms with E-state index in [1.807, 2.05) is 18.2 Å². The topological polar surface area (TPSA) is 85.0 Å². The molecule has 2 fully saturated rings. The van der Waals surface area contributed by atoms with Gasteiger partial charge in [0.1, 0.15) is 0 Å². The van der Waals surface area contributed by atoms with Gasteiger partial charge >= 0.3 is 5.97 Å². The van der Waals surface area contributed by atoms with Crippen molar-refractivity contribution < 1.29 is 19.4 Å². The number of rotatable bonds is 6. The number of likely N-dealkylation sites (tertiary alicyclic amines) is 1. The molecule has 1 saturated carbocycles. The van der Waals surface area contributed by atoms with Crippen molar-refractivity contribution in [1.29, 1.82) is 0 Å². The summed E-state index contributed by atoms with van der Waals surface area (Å²) in [5, 5.41) is 9.78. The number of hydrogen-bond acceptors (Lipinski definition) is 5. The monoisotopic (exact) mass is 362 g/mol. The number of nitrogens with zero attached hydrogens (tertiary/aromatic N) is 1. The van der Waals surface area contributed by atoms with E-state index >= 15 is 0 Å². The summed E-state index contributed by atoms with van der Waals surface area (Å²) in [6.07, 6.45) is 4.44. The molecule has 6 nitrogen and oxygen atoms in total. The third-order valence-electron chi connectivity index (χ3n) is 5.95. The molecule has 1 aromatic carbocycles. The smallest absolute Gasteiger partial charge is 0.308 e. The van der Waals surface area contributed by atoms with E-state index in [1.54, 1.807) is 14.2 Å². The van der Waals surface area contributed by atoms with Crippen LogP contribution in [-0.2, 0) is 4.79 Å². The number of carbonyl (C=O) groups is 1. The lowest BCUT2D eigenvalue weighted by Gasteiger charge is -2.29. The van der Waals surface area contributed by atoms with E-state index in [1.165, 1.54) is 0 Å². The number of para-hydroxylation sites is 1. The average Bonchev–Trinajstić information content (AvgIpc) is 3.06. The standard InChI is InChI=1S/C20H30N2O4/c1-25-18-5-3-4-15(19(18)26-2)16-11-22(12-17(16)20(23)24)10-13-6-8-14(21)9-7-13/h3-5,13-14,16-17H,6-12,21H2,1-2H3,(H,23,24). The highest BCUT2D eigenvalue weighted by Gasteiger charge is 2.41. The normalized spacial score (nSPS) is 29.5. The predicted octanol–water partition coefficient (Wildman–Crippen LogP) is 2.32. The van der Waals surface area contributed by atoms with Gasteiger partial charge in [-0.25, -0.2) is 0 Å². The van der Waals surface area contributed by atoms with Crippen molar-refractivity contribution in [3.8, 4) is 11.5 Å². The van der Waals surface area contributed by atoms with Crippen LogP contribution in [0.1, 0.15) is 37.2 Å². The molecule has 2 unspecified atom stereocenters. The lowest BCUT2D eigenvalue weighted by Crippen LogP contribution is -2.34. The van der Waals surface area contributed by atoms with Crippen molar-refractivity contribution in [2.45, 2.75) is 37.6 Å². The zero-order valence-electron chi connectivity index (χ0n) is 15.7. The summed E-state index contributed by atoms with van der Waals surface area (Å²) >= 11 is 0. The summed E-state index contributed by atoms with van der Waals surface area (Å²) < 4.78 is 10.9. The van der Waals surface area contributed by atoms with Crippen LogP contribution in [0.4, 0.5) is 0 Å². The molecule has 0 bridgehead atoms. The first-order valence-electron chi connectivity index (χ1n) is 9.45. The Bertz CT molecular complexity index is 628. The minimum Gasteiger partial charge on any atom is -0.493 e. The van der Waals surface area contributed by atoms with E-state index in [0.29, 0.717) is 30.0 Å². The maximum absolute atomic E-state index is 11.9. The van der Waals surface area contributed by atoms with Gasteiger partial charge in [-0.1, -0.05) is 12.1 Å². The van der Waals surface area contributed by atoms with Gasteiger partial charge in [-0.15, -0.1) is 0 Å². The fourth-order valence-corrected chi connectivity index (χ4v) is 4.54. The van der Waals surface area contributed by atoms with Gasteiger partial charge < -0.3 is 25.2 Å². The van der Waals surface area contributed by atoms with E-state index in [4.69, 9.17) is 15.2 Å². The first kappa shape index (κ1) is 19.0. The third-order valence-corrected chi connectivity index (χ3v) is 5.95. The molecule has 0 spiro atoms. The summed E-state index contributed by atoms with van der Waals surface area (Å²) in [6, 6.07) is 6.05. The van der Waals surface area contributed by atoms with Gasteiger partial charge in [-0.05, 0) is 37.7 Å². The number of ether oxygens (including phenoxy) is 2. The van der Waals surface area contributed by atoms with Crippen molar-refractivity contribution >= 4 is 5.97 Å². The first-order valence-corrected chi connectivity index (χ1v) is 9.45. The van der Waals surface area contributed by atoms with Crippen LogP contribution >= 0.6 is 0 Å². The average molecular weight is 362 g/mol. The summed E-state index contributed by atoms with van der Waals surface area (Å²) in [4.78, 5) is 14.2. The van der Waals surface area contributed by atoms with Crippen molar-refractivity contribution in [1.82, 2.24) is 4.90 Å². The van der Waals surface area contributed by atoms with Crippen LogP contribution in [0.15, 0.2) is 18.2 Å². The predicted molar refractivity (Wildman–Crippen MR) is 99.8 cm³/mol. The quantitative estimate of drug-likeness (QED) is 0.808. The minimum absolute atomic E-state index is 0.0941. The van der Waals surface area contributed by atoms with Crippen molar-refractivity contribution in [3.05, 3.63) is 23.8 Å². The second kappa shape index (κ2) is 8.27. The van der Waals surface area contributed by atoms with Gasteiger partial charge in [-0.2, -0.15) is 0 Å². The number of nitrogens with two attached hydrogens (primary N) is 1. The van der Waals surface area contributed by atoms with Crippen molar-refractivity contribution in [2.75, 3.05) is 33.9 Å². The van der Waals surface area contributed by atoms with Gasteiger partial charge in [-0.3, -0.25) is 4.79 Å². The van der Waals surface area contributed by atoms with Crippen LogP contribution < -0.4 is 15.2 Å². The highest BCUT2D eigenvalue weighted by atomic mass is 16.5. The van der Waals surface area contributed by atoms with E-state index in [9.17, 15) is 9.90 Å². The third kappa shape index (κ3) is 3.96. The van der Waals surface area contributed by atoms with Crippen LogP contribution in [-0.4, -0.2) is 55.9 Å². The highest BCUT2D eigenvalue weighted by Crippen LogP contribution is 2.42. The molecule has 0 radical (unpaired) electrons. The Kier molecular flexibility index (Phi) is 6.04. The molecule has 144 valence electrons. The Labute approximate surface area is 155 Å². The SMILES string of the molecule is COc1cccc(C2CN(CC3CCC(N)CC3)CC2C(=O)O)c1OC. The minimum atomic E-state index is -0.743. The van der Waals surface area contributed by atoms with Crippen LogP contribution in [0.25, 0.3) is 0 Å². The van der Waals surface area contributed by atoms with Crippen LogP contribution in [0.2, 0.25) is 0 Å². The Morgan fingerprint density at radius 3 is 2.54 bits per heavy atom. The molecule has 1 saturated heterocycles. The number of carboxylic acids is 1. The number of benzene rings is 1. The molecule has 1 aliphatic heterocycles. The molecule has 0 amide bonds. The van der Waals surface area contributed by atoms with E-state index in [-0.39, 0.29) is 5.92 Å². The Balaban J connectivity index is 1.77. The molecule has 3 rings (SSSR count). The number of methoxy groups -OCH3 is 2. The maximum atomic E-state index is 11.9. The Morgan fingerprint density at radius 2 is 1.92 bits per heavy atom. The fraction of sp³-hybridized carbons (Fsp3) is 0.650. The number of carboxylic acid groups (broad SMARTS) is 1. The Hall–Kier alpha value is -1.79. The molecule has 1 aromatic rings. The highest BCUT2D eigenvalue weighted by molar-refractivity contribution is 5.73. The number of aliphatic carboxylic acids is 1. The van der Waals surface area contributed by atoms with Gasteiger partial charge in [0, 0.05) is 37.2 Å². The molecule has 2 aliphatic rings. The fourth-order valence-electron chi connectivity index (χ4n) is 4.54. The second-order valence-electron chi connectivity index (χ2n) is 7.63. The van der Waals surface area contributed by atoms with Crippen molar-refractivity contribution in [3.63, 3.8) is 0 Å². The summed E-state index contributed by atoms with van der Waals surface area (Å²) in [5.74, 6) is 0.652. The van der Waals surface area contributed by atoms with Crippen LogP contribution in [0, 0.1) is 11.8 Å². The summed E-state index contributed by atoms with van der Waals surface area (Å²) in [7, 11) is 3.21. The largest absolute Gasteiger partial charge is 0.493 e. The second-order valence-corrected chi connectivity index (χ2v) is 7.63. The summed E-state index contributed by atoms with van der Waals surface area (Å²) in [6.45, 7) is 2.28. The van der Waals surface area contributed by atoms with E-state index < -0.39 is 11.9 Å². The van der Waals surface area contributed by atoms with Crippen LogP contribution in [0.5, 0.6) is 11.5 Å². The zero-order chi connectivity index (χ0) is 18.7. The van der Waals surface area contributed by atoms with Crippen LogP contribution in [0.3, 0.4) is 0 Å². The number of hydrogen-bond donors (Lipinski definition) is 2. The lowest BCUT2D eigenvalue weighted by atomic mass is 9.86. The molecular formula is C20H30N2O4. The van der Waals surface area contributed by atoms with Crippen molar-refractivity contribution in [2.24, 2.45) is 17.6 Å². The first-order chi connectivity index (χ1) is 12.5. The maximum Gasteiger partial charge on any atom is 0.308 e. The molecule has 6 heteroatoms. The molecule has 0 aromatic heterocycles. The van der Waals surface area contributed by atoms with E-state index in [0.717, 1.165) is 44.3 Å². The van der Waals surface area contributed by atoms with Gasteiger partial charge in [0.25, 0.3) is 0 Å². The van der Waals surface area contributed by atoms with Gasteiger partial charge in [0.15, 0.2) is 11.5 Å². The van der Waals surface area contributed by atoms with E-state index in [2.05, 4.69) is 4.90 Å².